The van der Waals surface area contributed by atoms with E-state index >= 15 is 0 Å². The van der Waals surface area contributed by atoms with Gasteiger partial charge in [-0.2, -0.15) is 0 Å². The van der Waals surface area contributed by atoms with Gasteiger partial charge in [-0.3, -0.25) is 4.90 Å². The average molecular weight is 474 g/mol. The number of anilines is 1. The van der Waals surface area contributed by atoms with Crippen LogP contribution in [-0.2, 0) is 0 Å². The van der Waals surface area contributed by atoms with Crippen LogP contribution < -0.4 is 5.32 Å². The van der Waals surface area contributed by atoms with Gasteiger partial charge in [-0.25, -0.2) is 9.18 Å². The Morgan fingerprint density at radius 3 is 2.54 bits per heavy atom. The molecular weight excluding hydrogens is 441 g/mol. The van der Waals surface area contributed by atoms with Crippen LogP contribution in [0.5, 0.6) is 0 Å². The van der Waals surface area contributed by atoms with Crippen molar-refractivity contribution in [3.8, 4) is 11.1 Å². The minimum absolute atomic E-state index is 0.0514. The van der Waals surface area contributed by atoms with Gasteiger partial charge in [0.15, 0.2) is 0 Å². The van der Waals surface area contributed by atoms with E-state index in [2.05, 4.69) is 59.6 Å². The quantitative estimate of drug-likeness (QED) is 0.544. The largest absolute Gasteiger partial charge is 0.395 e. The molecule has 6 heteroatoms. The molecule has 5 rings (SSSR count). The van der Waals surface area contributed by atoms with Crippen LogP contribution in [0.4, 0.5) is 14.9 Å². The van der Waals surface area contributed by atoms with Crippen molar-refractivity contribution in [2.45, 2.75) is 37.8 Å². The van der Waals surface area contributed by atoms with Crippen LogP contribution in [0.2, 0.25) is 0 Å². The van der Waals surface area contributed by atoms with Gasteiger partial charge in [0.25, 0.3) is 0 Å². The lowest BCUT2D eigenvalue weighted by Crippen LogP contribution is -2.68. The second kappa shape index (κ2) is 10.2. The molecule has 3 atom stereocenters. The maximum absolute atomic E-state index is 13.6. The molecule has 2 aliphatic heterocycles. The first-order valence-electron chi connectivity index (χ1n) is 12.4. The third-order valence-corrected chi connectivity index (χ3v) is 7.48. The van der Waals surface area contributed by atoms with Crippen molar-refractivity contribution in [3.63, 3.8) is 0 Å². The number of carbonyl (C=O) groups is 1. The minimum atomic E-state index is -0.374. The second-order valence-corrected chi connectivity index (χ2v) is 9.61. The predicted molar refractivity (Wildman–Crippen MR) is 137 cm³/mol. The Hall–Kier alpha value is -3.22. The van der Waals surface area contributed by atoms with Crippen molar-refractivity contribution < 1.29 is 14.3 Å². The zero-order chi connectivity index (χ0) is 24.4. The fourth-order valence-corrected chi connectivity index (χ4v) is 5.68. The van der Waals surface area contributed by atoms with Crippen LogP contribution in [0.15, 0.2) is 72.8 Å². The van der Waals surface area contributed by atoms with Crippen LogP contribution in [0.25, 0.3) is 11.1 Å². The van der Waals surface area contributed by atoms with E-state index in [-0.39, 0.29) is 36.5 Å². The number of rotatable bonds is 4. The summed E-state index contributed by atoms with van der Waals surface area (Å²) in [6.45, 7) is 4.37. The van der Waals surface area contributed by atoms with Crippen LogP contribution in [-0.4, -0.2) is 59.3 Å². The smallest absolute Gasteiger partial charge is 0.321 e. The molecule has 0 unspecified atom stereocenters. The number of aliphatic hydroxyl groups excluding tert-OH is 1. The van der Waals surface area contributed by atoms with Crippen molar-refractivity contribution >= 4 is 11.7 Å². The summed E-state index contributed by atoms with van der Waals surface area (Å²) in [5.74, 6) is -0.228. The number of fused-ring (bicyclic) bond motifs is 1. The van der Waals surface area contributed by atoms with Crippen LogP contribution in [0.3, 0.4) is 0 Å². The third-order valence-electron chi connectivity index (χ3n) is 7.48. The van der Waals surface area contributed by atoms with E-state index in [1.807, 2.05) is 11.0 Å². The zero-order valence-corrected chi connectivity index (χ0v) is 20.0. The molecule has 3 aromatic carbocycles. The first kappa shape index (κ1) is 23.5. The fourth-order valence-electron chi connectivity index (χ4n) is 5.68. The van der Waals surface area contributed by atoms with Gasteiger partial charge in [-0.1, -0.05) is 54.6 Å². The fraction of sp³-hybridized carbons (Fsp3) is 0.345. The van der Waals surface area contributed by atoms with Crippen LogP contribution in [0.1, 0.15) is 29.9 Å². The summed E-state index contributed by atoms with van der Waals surface area (Å²) in [5, 5.41) is 13.1. The Balaban J connectivity index is 1.35. The summed E-state index contributed by atoms with van der Waals surface area (Å²) in [6.07, 6.45) is 1.86. The number of hydrogen-bond acceptors (Lipinski definition) is 3. The van der Waals surface area contributed by atoms with Crippen LogP contribution >= 0.6 is 0 Å². The number of carbonyl (C=O) groups excluding carboxylic acids is 1. The Morgan fingerprint density at radius 1 is 1.03 bits per heavy atom. The standard InChI is InChI=1S/C29H32FN3O2/c1-20-7-2-3-10-25(20)21-11-13-22(14-12-21)28-26-18-32(15-4-5-16-33(26)27(28)19-34)29(35)31-24-9-6-8-23(30)17-24/h2-3,6-14,17,26-28,34H,4-5,15-16,18-19H2,1H3,(H,31,35)/t26-,27+,28+/m0/s1. The summed E-state index contributed by atoms with van der Waals surface area (Å²) in [6, 6.07) is 23.0. The van der Waals surface area contributed by atoms with Crippen molar-refractivity contribution in [2.75, 3.05) is 31.6 Å². The second-order valence-electron chi connectivity index (χ2n) is 9.61. The number of urea groups is 1. The lowest BCUT2D eigenvalue weighted by Gasteiger charge is -2.57. The van der Waals surface area contributed by atoms with Gasteiger partial charge in [-0.15, -0.1) is 0 Å². The molecule has 182 valence electrons. The van der Waals surface area contributed by atoms with Gasteiger partial charge in [0, 0.05) is 36.8 Å². The monoisotopic (exact) mass is 473 g/mol. The lowest BCUT2D eigenvalue weighted by atomic mass is 9.74. The maximum atomic E-state index is 13.6. The SMILES string of the molecule is Cc1ccccc1-c1ccc([C@H]2[C@@H](CO)N3CCCCN(C(=O)Nc4cccc(F)c4)C[C@@H]23)cc1. The molecule has 2 saturated heterocycles. The molecular formula is C29H32FN3O2. The average Bonchev–Trinajstić information content (AvgIpc) is 2.84. The van der Waals surface area contributed by atoms with Crippen molar-refractivity contribution in [1.82, 2.24) is 9.80 Å². The van der Waals surface area contributed by atoms with Gasteiger partial charge in [0.2, 0.25) is 0 Å². The van der Waals surface area contributed by atoms with E-state index < -0.39 is 0 Å². The molecule has 2 fully saturated rings. The van der Waals surface area contributed by atoms with E-state index in [9.17, 15) is 14.3 Å². The molecule has 0 bridgehead atoms. The van der Waals surface area contributed by atoms with Gasteiger partial charge in [0.1, 0.15) is 5.82 Å². The zero-order valence-electron chi connectivity index (χ0n) is 20.0. The van der Waals surface area contributed by atoms with Gasteiger partial charge < -0.3 is 15.3 Å². The number of aryl methyl sites for hydroxylation is 1. The van der Waals surface area contributed by atoms with Crippen molar-refractivity contribution in [1.29, 1.82) is 0 Å². The highest BCUT2D eigenvalue weighted by Gasteiger charge is 2.49. The minimum Gasteiger partial charge on any atom is -0.395 e. The molecule has 0 radical (unpaired) electrons. The molecule has 0 aromatic heterocycles. The van der Waals surface area contributed by atoms with Gasteiger partial charge in [-0.05, 0) is 66.8 Å². The van der Waals surface area contributed by atoms with Crippen molar-refractivity contribution in [2.24, 2.45) is 0 Å². The van der Waals surface area contributed by atoms with E-state index in [1.54, 1.807) is 12.1 Å². The van der Waals surface area contributed by atoms with Gasteiger partial charge >= 0.3 is 6.03 Å². The molecule has 35 heavy (non-hydrogen) atoms. The predicted octanol–water partition coefficient (Wildman–Crippen LogP) is 5.26. The molecule has 2 amide bonds. The molecule has 2 heterocycles. The van der Waals surface area contributed by atoms with Crippen LogP contribution in [0, 0.1) is 12.7 Å². The van der Waals surface area contributed by atoms with E-state index in [4.69, 9.17) is 0 Å². The molecule has 5 nitrogen and oxygen atoms in total. The third kappa shape index (κ3) is 4.81. The summed E-state index contributed by atoms with van der Waals surface area (Å²) >= 11 is 0. The highest BCUT2D eigenvalue weighted by Crippen LogP contribution is 2.42. The summed E-state index contributed by atoms with van der Waals surface area (Å²) in [4.78, 5) is 17.3. The highest BCUT2D eigenvalue weighted by atomic mass is 19.1. The van der Waals surface area contributed by atoms with Crippen molar-refractivity contribution in [3.05, 3.63) is 89.7 Å². The Kier molecular flexibility index (Phi) is 6.84. The van der Waals surface area contributed by atoms with Gasteiger partial charge in [0.05, 0.1) is 6.61 Å². The number of benzene rings is 3. The molecule has 0 spiro atoms. The molecule has 2 N–H and O–H groups in total. The number of amides is 2. The highest BCUT2D eigenvalue weighted by molar-refractivity contribution is 5.89. The Bertz CT molecular complexity index is 1180. The molecule has 0 aliphatic carbocycles. The topological polar surface area (TPSA) is 55.8 Å². The Labute approximate surface area is 206 Å². The first-order chi connectivity index (χ1) is 17.0. The number of nitrogens with zero attached hydrogens (tertiary/aromatic N) is 2. The Morgan fingerprint density at radius 2 is 1.80 bits per heavy atom. The summed E-state index contributed by atoms with van der Waals surface area (Å²) in [5.41, 5.74) is 5.28. The van der Waals surface area contributed by atoms with E-state index in [0.29, 0.717) is 18.8 Å². The van der Waals surface area contributed by atoms with E-state index in [0.717, 1.165) is 19.4 Å². The summed E-state index contributed by atoms with van der Waals surface area (Å²) in [7, 11) is 0. The number of aliphatic hydroxyl groups is 1. The summed E-state index contributed by atoms with van der Waals surface area (Å²) < 4.78 is 13.6. The van der Waals surface area contributed by atoms with E-state index in [1.165, 1.54) is 34.4 Å². The number of nitrogens with one attached hydrogen (secondary N) is 1. The maximum Gasteiger partial charge on any atom is 0.321 e. The number of halogens is 1. The number of hydrogen-bond donors (Lipinski definition) is 2. The first-order valence-corrected chi connectivity index (χ1v) is 12.4. The molecule has 0 saturated carbocycles. The molecule has 2 aliphatic rings. The molecule has 3 aromatic rings. The lowest BCUT2D eigenvalue weighted by molar-refractivity contribution is -0.0585. The normalized spacial score (nSPS) is 22.5.